The fourth-order valence-corrected chi connectivity index (χ4v) is 4.93. The molecule has 0 bridgehead atoms. The van der Waals surface area contributed by atoms with Crippen LogP contribution < -0.4 is 4.74 Å². The molecule has 0 fully saturated rings. The van der Waals surface area contributed by atoms with Crippen LogP contribution in [0.25, 0.3) is 11.1 Å². The lowest BCUT2D eigenvalue weighted by Crippen LogP contribution is -2.31. The van der Waals surface area contributed by atoms with Gasteiger partial charge in [-0.2, -0.15) is 0 Å². The molecule has 0 saturated carbocycles. The minimum Gasteiger partial charge on any atom is -0.457 e. The number of nitrogens with zero attached hydrogens (tertiary/aromatic N) is 1. The summed E-state index contributed by atoms with van der Waals surface area (Å²) in [4.78, 5) is 4.18. The van der Waals surface area contributed by atoms with E-state index in [0.717, 1.165) is 28.8 Å². The van der Waals surface area contributed by atoms with Crippen molar-refractivity contribution in [1.29, 1.82) is 0 Å². The van der Waals surface area contributed by atoms with Crippen LogP contribution in [0.2, 0.25) is 0 Å². The minimum atomic E-state index is -0.0121. The second-order valence-corrected chi connectivity index (χ2v) is 8.89. The van der Waals surface area contributed by atoms with Gasteiger partial charge in [-0.3, -0.25) is 4.98 Å². The van der Waals surface area contributed by atoms with Crippen LogP contribution in [-0.4, -0.2) is 4.98 Å². The number of unbranched alkanes of at least 4 members (excludes halogenated alkanes) is 2. The van der Waals surface area contributed by atoms with Crippen LogP contribution >= 0.6 is 15.9 Å². The number of benzene rings is 2. The monoisotopic (exact) mass is 449 g/mol. The van der Waals surface area contributed by atoms with Crippen LogP contribution in [0.4, 0.5) is 0 Å². The molecule has 0 aliphatic carbocycles. The molecule has 1 aliphatic heterocycles. The third-order valence-corrected chi connectivity index (χ3v) is 6.59. The summed E-state index contributed by atoms with van der Waals surface area (Å²) in [7, 11) is 0. The molecule has 0 saturated heterocycles. The Morgan fingerprint density at radius 3 is 2.07 bits per heavy atom. The van der Waals surface area contributed by atoms with Crippen LogP contribution in [0, 0.1) is 0 Å². The van der Waals surface area contributed by atoms with Gasteiger partial charge in [0.2, 0.25) is 0 Å². The molecule has 2 nitrogen and oxygen atoms in total. The number of rotatable bonds is 7. The van der Waals surface area contributed by atoms with Crippen molar-refractivity contribution in [3.05, 3.63) is 76.5 Å². The molecule has 150 valence electrons. The Kier molecular flexibility index (Phi) is 6.05. The first-order chi connectivity index (χ1) is 14.2. The Hall–Kier alpha value is -2.13. The molecule has 29 heavy (non-hydrogen) atoms. The molecule has 4 rings (SSSR count). The van der Waals surface area contributed by atoms with E-state index in [0.29, 0.717) is 0 Å². The summed E-state index contributed by atoms with van der Waals surface area (Å²) in [6, 6.07) is 17.3. The quantitative estimate of drug-likeness (QED) is 0.361. The molecule has 0 N–H and O–H groups in total. The SMILES string of the molecule is CCCCC1(CCCC)c2cc(Br)ccc2Oc2ccc(-c3ccncc3)cc21. The van der Waals surface area contributed by atoms with E-state index in [-0.39, 0.29) is 5.41 Å². The number of fused-ring (bicyclic) bond motifs is 2. The maximum atomic E-state index is 6.41. The molecule has 0 amide bonds. The van der Waals surface area contributed by atoms with Crippen molar-refractivity contribution >= 4 is 15.9 Å². The standard InChI is InChI=1S/C26H28BrNO/c1-3-5-13-26(14-6-4-2)22-17-20(19-11-15-28-16-12-19)7-9-24(22)29-25-10-8-21(27)18-23(25)26/h7-12,15-18H,3-6,13-14H2,1-2H3. The fraction of sp³-hybridized carbons (Fsp3) is 0.346. The summed E-state index contributed by atoms with van der Waals surface area (Å²) in [5.41, 5.74) is 5.07. The second-order valence-electron chi connectivity index (χ2n) is 7.98. The zero-order chi connectivity index (χ0) is 20.3. The summed E-state index contributed by atoms with van der Waals surface area (Å²) in [6.45, 7) is 4.56. The highest BCUT2D eigenvalue weighted by molar-refractivity contribution is 9.10. The van der Waals surface area contributed by atoms with E-state index >= 15 is 0 Å². The molecule has 0 radical (unpaired) electrons. The van der Waals surface area contributed by atoms with Gasteiger partial charge in [-0.1, -0.05) is 61.5 Å². The highest BCUT2D eigenvalue weighted by atomic mass is 79.9. The van der Waals surface area contributed by atoms with Crippen molar-refractivity contribution in [2.24, 2.45) is 0 Å². The average Bonchev–Trinajstić information content (AvgIpc) is 2.76. The highest BCUT2D eigenvalue weighted by Gasteiger charge is 2.41. The average molecular weight is 450 g/mol. The van der Waals surface area contributed by atoms with Gasteiger partial charge in [-0.25, -0.2) is 0 Å². The molecular weight excluding hydrogens is 422 g/mol. The van der Waals surface area contributed by atoms with Crippen LogP contribution in [-0.2, 0) is 5.41 Å². The molecule has 1 aromatic heterocycles. The normalized spacial score (nSPS) is 14.0. The number of hydrogen-bond acceptors (Lipinski definition) is 2. The van der Waals surface area contributed by atoms with Crippen molar-refractivity contribution in [3.8, 4) is 22.6 Å². The van der Waals surface area contributed by atoms with Crippen LogP contribution in [0.15, 0.2) is 65.4 Å². The maximum Gasteiger partial charge on any atom is 0.131 e. The van der Waals surface area contributed by atoms with Crippen LogP contribution in [0.5, 0.6) is 11.5 Å². The first kappa shape index (κ1) is 20.2. The summed E-state index contributed by atoms with van der Waals surface area (Å²) in [5.74, 6) is 2.01. The Bertz CT molecular complexity index is 975. The van der Waals surface area contributed by atoms with Crippen molar-refractivity contribution in [1.82, 2.24) is 4.98 Å². The molecule has 1 aliphatic rings. The topological polar surface area (TPSA) is 22.1 Å². The summed E-state index contributed by atoms with van der Waals surface area (Å²) in [5, 5.41) is 0. The van der Waals surface area contributed by atoms with E-state index < -0.39 is 0 Å². The molecule has 0 unspecified atom stereocenters. The van der Waals surface area contributed by atoms with Gasteiger partial charge in [0.1, 0.15) is 11.5 Å². The van der Waals surface area contributed by atoms with E-state index in [1.807, 2.05) is 12.4 Å². The number of halogens is 1. The van der Waals surface area contributed by atoms with E-state index in [1.165, 1.54) is 47.9 Å². The molecule has 2 aromatic carbocycles. The van der Waals surface area contributed by atoms with Gasteiger partial charge in [-0.15, -0.1) is 0 Å². The maximum absolute atomic E-state index is 6.41. The number of aromatic nitrogens is 1. The van der Waals surface area contributed by atoms with Crippen molar-refractivity contribution in [2.45, 2.75) is 57.8 Å². The molecular formula is C26H28BrNO. The second kappa shape index (κ2) is 8.71. The lowest BCUT2D eigenvalue weighted by Gasteiger charge is -2.41. The third-order valence-electron chi connectivity index (χ3n) is 6.10. The van der Waals surface area contributed by atoms with Gasteiger partial charge in [0, 0.05) is 33.4 Å². The van der Waals surface area contributed by atoms with Gasteiger partial charge in [0.25, 0.3) is 0 Å². The predicted molar refractivity (Wildman–Crippen MR) is 124 cm³/mol. The largest absolute Gasteiger partial charge is 0.457 e. The third kappa shape index (κ3) is 3.85. The lowest BCUT2D eigenvalue weighted by atomic mass is 9.66. The molecule has 2 heterocycles. The van der Waals surface area contributed by atoms with Crippen LogP contribution in [0.1, 0.15) is 63.5 Å². The Balaban J connectivity index is 1.92. The molecule has 0 atom stereocenters. The molecule has 3 heteroatoms. The van der Waals surface area contributed by atoms with Gasteiger partial charge < -0.3 is 4.74 Å². The number of ether oxygens (including phenoxy) is 1. The number of pyridine rings is 1. The summed E-state index contributed by atoms with van der Waals surface area (Å²) < 4.78 is 7.52. The highest BCUT2D eigenvalue weighted by Crippen LogP contribution is 2.54. The number of hydrogen-bond donors (Lipinski definition) is 0. The zero-order valence-electron chi connectivity index (χ0n) is 17.2. The zero-order valence-corrected chi connectivity index (χ0v) is 18.8. The van der Waals surface area contributed by atoms with Crippen molar-refractivity contribution in [3.63, 3.8) is 0 Å². The Morgan fingerprint density at radius 2 is 1.41 bits per heavy atom. The van der Waals surface area contributed by atoms with Crippen LogP contribution in [0.3, 0.4) is 0 Å². The van der Waals surface area contributed by atoms with E-state index in [4.69, 9.17) is 4.74 Å². The summed E-state index contributed by atoms with van der Waals surface area (Å²) in [6.07, 6.45) is 10.8. The Morgan fingerprint density at radius 1 is 0.793 bits per heavy atom. The molecule has 3 aromatic rings. The summed E-state index contributed by atoms with van der Waals surface area (Å²) >= 11 is 3.71. The van der Waals surface area contributed by atoms with Gasteiger partial charge in [-0.05, 0) is 66.4 Å². The predicted octanol–water partition coefficient (Wildman–Crippen LogP) is 8.28. The lowest BCUT2D eigenvalue weighted by molar-refractivity contribution is 0.343. The first-order valence-electron chi connectivity index (χ1n) is 10.7. The fourth-order valence-electron chi connectivity index (χ4n) is 4.57. The van der Waals surface area contributed by atoms with Gasteiger partial charge in [0.05, 0.1) is 0 Å². The van der Waals surface area contributed by atoms with E-state index in [2.05, 4.69) is 83.3 Å². The molecule has 0 spiro atoms. The smallest absolute Gasteiger partial charge is 0.131 e. The van der Waals surface area contributed by atoms with Crippen molar-refractivity contribution < 1.29 is 4.74 Å². The van der Waals surface area contributed by atoms with Gasteiger partial charge >= 0.3 is 0 Å². The first-order valence-corrected chi connectivity index (χ1v) is 11.5. The van der Waals surface area contributed by atoms with Crippen molar-refractivity contribution in [2.75, 3.05) is 0 Å². The van der Waals surface area contributed by atoms with E-state index in [1.54, 1.807) is 0 Å². The van der Waals surface area contributed by atoms with Gasteiger partial charge in [0.15, 0.2) is 0 Å². The minimum absolute atomic E-state index is 0.0121. The Labute approximate surface area is 182 Å². The van der Waals surface area contributed by atoms with E-state index in [9.17, 15) is 0 Å².